The zero-order chi connectivity index (χ0) is 35.1. The molecule has 6 aromatic carbocycles. The highest BCUT2D eigenvalue weighted by Crippen LogP contribution is 2.56. The van der Waals surface area contributed by atoms with E-state index in [1.807, 2.05) is 38.1 Å². The maximum Gasteiger partial charge on any atom is 0.119 e. The summed E-state index contributed by atoms with van der Waals surface area (Å²) in [7, 11) is 0. The van der Waals surface area contributed by atoms with Crippen LogP contribution in [0.25, 0.3) is 22.3 Å². The summed E-state index contributed by atoms with van der Waals surface area (Å²) in [5.74, 6) is 1.67. The molecule has 6 aromatic rings. The lowest BCUT2D eigenvalue weighted by Gasteiger charge is -2.34. The van der Waals surface area contributed by atoms with E-state index in [4.69, 9.17) is 9.47 Å². The van der Waals surface area contributed by atoms with Gasteiger partial charge in [-0.05, 0) is 79.9 Å². The molecular weight excluding hydrogens is 609 g/mol. The first-order chi connectivity index (χ1) is 24.5. The summed E-state index contributed by atoms with van der Waals surface area (Å²) in [5.41, 5.74) is 12.9. The Hall–Kier alpha value is -5.60. The van der Waals surface area contributed by atoms with Gasteiger partial charge in [0, 0.05) is 5.41 Å². The Kier molecular flexibility index (Phi) is 10.2. The monoisotopic (exact) mass is 654 g/mol. The van der Waals surface area contributed by atoms with Crippen LogP contribution < -0.4 is 9.47 Å². The molecule has 0 fully saturated rings. The number of hydrogen-bond acceptors (Lipinski definition) is 2. The van der Waals surface area contributed by atoms with Crippen LogP contribution in [-0.4, -0.2) is 13.2 Å². The van der Waals surface area contributed by atoms with Crippen molar-refractivity contribution in [2.75, 3.05) is 13.2 Å². The summed E-state index contributed by atoms with van der Waals surface area (Å²) < 4.78 is 11.5. The third kappa shape index (κ3) is 5.96. The van der Waals surface area contributed by atoms with E-state index >= 15 is 0 Å². The average molecular weight is 655 g/mol. The van der Waals surface area contributed by atoms with E-state index in [-0.39, 0.29) is 5.41 Å². The molecule has 0 unspecified atom stereocenters. The van der Waals surface area contributed by atoms with Gasteiger partial charge in [0.05, 0.1) is 5.41 Å². The van der Waals surface area contributed by atoms with E-state index in [1.54, 1.807) is 12.2 Å². The minimum absolute atomic E-state index is 0.160. The summed E-state index contributed by atoms with van der Waals surface area (Å²) in [6, 6.07) is 51.8. The molecule has 0 N–H and O–H groups in total. The maximum atomic E-state index is 5.76. The second-order valence-corrected chi connectivity index (χ2v) is 12.8. The Morgan fingerprint density at radius 2 is 0.740 bits per heavy atom. The predicted molar refractivity (Wildman–Crippen MR) is 210 cm³/mol. The molecule has 8 rings (SSSR count). The minimum Gasteiger partial charge on any atom is -0.490 e. The summed E-state index contributed by atoms with van der Waals surface area (Å²) in [6.07, 6.45) is 3.52. The second kappa shape index (κ2) is 14.9. The van der Waals surface area contributed by atoms with Crippen LogP contribution in [0.5, 0.6) is 11.5 Å². The minimum atomic E-state index is -0.429. The van der Waals surface area contributed by atoms with Crippen LogP contribution in [-0.2, 0) is 10.8 Å². The van der Waals surface area contributed by atoms with E-state index in [9.17, 15) is 0 Å². The van der Waals surface area contributed by atoms with Gasteiger partial charge >= 0.3 is 0 Å². The lowest BCUT2D eigenvalue weighted by molar-refractivity contribution is 0.363. The highest BCUT2D eigenvalue weighted by Gasteiger charge is 2.45. The highest BCUT2D eigenvalue weighted by molar-refractivity contribution is 5.86. The van der Waals surface area contributed by atoms with Crippen molar-refractivity contribution in [2.45, 2.75) is 38.5 Å². The fourth-order valence-corrected chi connectivity index (χ4v) is 7.61. The number of hydrogen-bond donors (Lipinski definition) is 0. The number of benzene rings is 6. The van der Waals surface area contributed by atoms with Gasteiger partial charge in [0.25, 0.3) is 0 Å². The van der Waals surface area contributed by atoms with E-state index in [2.05, 4.69) is 148 Å². The zero-order valence-electron chi connectivity index (χ0n) is 29.7. The molecule has 2 aliphatic rings. The van der Waals surface area contributed by atoms with E-state index in [1.165, 1.54) is 55.6 Å². The van der Waals surface area contributed by atoms with Gasteiger partial charge in [-0.25, -0.2) is 0 Å². The van der Waals surface area contributed by atoms with Crippen molar-refractivity contribution in [3.05, 3.63) is 204 Å². The molecule has 0 bridgehead atoms. The maximum absolute atomic E-state index is 5.76. The largest absolute Gasteiger partial charge is 0.490 e. The van der Waals surface area contributed by atoms with Crippen LogP contribution in [0, 0.1) is 0 Å². The van der Waals surface area contributed by atoms with Crippen LogP contribution in [0.2, 0.25) is 0 Å². The fourth-order valence-electron chi connectivity index (χ4n) is 7.61. The van der Waals surface area contributed by atoms with E-state index in [0.717, 1.165) is 11.5 Å². The van der Waals surface area contributed by atoms with Gasteiger partial charge in [-0.3, -0.25) is 0 Å². The van der Waals surface area contributed by atoms with Crippen molar-refractivity contribution in [2.24, 2.45) is 0 Å². The topological polar surface area (TPSA) is 18.5 Å². The van der Waals surface area contributed by atoms with Gasteiger partial charge in [0.2, 0.25) is 0 Å². The van der Waals surface area contributed by atoms with Crippen LogP contribution >= 0.6 is 0 Å². The molecular formula is C48H46O2. The predicted octanol–water partition coefficient (Wildman–Crippen LogP) is 12.2. The molecule has 0 saturated carbocycles. The molecule has 250 valence electrons. The number of ether oxygens (including phenoxy) is 2. The van der Waals surface area contributed by atoms with Gasteiger partial charge in [0.1, 0.15) is 24.7 Å². The average Bonchev–Trinajstić information content (AvgIpc) is 3.61. The van der Waals surface area contributed by atoms with E-state index < -0.39 is 5.41 Å². The lowest BCUT2D eigenvalue weighted by Crippen LogP contribution is -2.28. The molecule has 0 heterocycles. The van der Waals surface area contributed by atoms with Crippen molar-refractivity contribution >= 4 is 0 Å². The van der Waals surface area contributed by atoms with Crippen LogP contribution in [0.1, 0.15) is 61.1 Å². The molecule has 2 nitrogen and oxygen atoms in total. The first-order valence-electron chi connectivity index (χ1n) is 17.6. The van der Waals surface area contributed by atoms with Gasteiger partial charge in [-0.1, -0.05) is 174 Å². The molecule has 0 saturated heterocycles. The van der Waals surface area contributed by atoms with Crippen molar-refractivity contribution in [3.8, 4) is 33.8 Å². The van der Waals surface area contributed by atoms with Gasteiger partial charge in [-0.15, -0.1) is 0 Å². The van der Waals surface area contributed by atoms with Gasteiger partial charge in [0.15, 0.2) is 0 Å². The lowest BCUT2D eigenvalue weighted by atomic mass is 9.68. The summed E-state index contributed by atoms with van der Waals surface area (Å²) >= 11 is 0. The van der Waals surface area contributed by atoms with Gasteiger partial charge in [-0.2, -0.15) is 0 Å². The normalized spacial score (nSPS) is 13.4. The second-order valence-electron chi connectivity index (χ2n) is 12.8. The SMILES string of the molecule is C=CCOc1ccc(C2(c3ccc(OCC=C)cc3)c3ccccc3-c3ccccc32)cc1.CC.CC1(C)c2ccccc2-c2ccccc21. The first-order valence-corrected chi connectivity index (χ1v) is 17.6. The highest BCUT2D eigenvalue weighted by atomic mass is 16.5. The Balaban J connectivity index is 0.000000211. The third-order valence-electron chi connectivity index (χ3n) is 9.75. The van der Waals surface area contributed by atoms with Crippen molar-refractivity contribution in [3.63, 3.8) is 0 Å². The zero-order valence-corrected chi connectivity index (χ0v) is 29.7. The fraction of sp³-hybridized carbons (Fsp3) is 0.167. The summed E-state index contributed by atoms with van der Waals surface area (Å²) in [4.78, 5) is 0. The van der Waals surface area contributed by atoms with Crippen LogP contribution in [0.3, 0.4) is 0 Å². The molecule has 0 atom stereocenters. The van der Waals surface area contributed by atoms with Crippen molar-refractivity contribution in [1.29, 1.82) is 0 Å². The van der Waals surface area contributed by atoms with Crippen LogP contribution in [0.15, 0.2) is 171 Å². The molecule has 0 spiro atoms. The van der Waals surface area contributed by atoms with E-state index in [0.29, 0.717) is 13.2 Å². The quantitative estimate of drug-likeness (QED) is 0.152. The number of fused-ring (bicyclic) bond motifs is 6. The van der Waals surface area contributed by atoms with Crippen molar-refractivity contribution in [1.82, 2.24) is 0 Å². The Morgan fingerprint density at radius 3 is 1.08 bits per heavy atom. The molecule has 50 heavy (non-hydrogen) atoms. The standard InChI is InChI=1S/C31H26O2.C15H14.C2H6/c1-3-21-32-25-17-13-23(14-18-25)31(24-15-19-26(20-16-24)33-22-4-2)29-11-7-5-9-27(29)28-10-6-8-12-30(28)31;1-15(2)13-9-5-3-7-11(13)12-8-4-6-10-14(12)15;1-2/h3-20H,1-2,21-22H2;3-10H,1-2H3;1-2H3. The number of rotatable bonds is 8. The Morgan fingerprint density at radius 1 is 0.440 bits per heavy atom. The molecule has 2 heteroatoms. The molecule has 0 aromatic heterocycles. The molecule has 0 radical (unpaired) electrons. The smallest absolute Gasteiger partial charge is 0.119 e. The summed E-state index contributed by atoms with van der Waals surface area (Å²) in [6.45, 7) is 17.1. The molecule has 0 aliphatic heterocycles. The molecule has 2 aliphatic carbocycles. The van der Waals surface area contributed by atoms with Crippen LogP contribution in [0.4, 0.5) is 0 Å². The van der Waals surface area contributed by atoms with Crippen molar-refractivity contribution < 1.29 is 9.47 Å². The van der Waals surface area contributed by atoms with Gasteiger partial charge < -0.3 is 9.47 Å². The Labute approximate surface area is 298 Å². The molecule has 0 amide bonds. The third-order valence-corrected chi connectivity index (χ3v) is 9.75. The summed E-state index contributed by atoms with van der Waals surface area (Å²) in [5, 5.41) is 0. The first kappa shape index (κ1) is 34.3. The Bertz CT molecular complexity index is 1930.